The number of rotatable bonds is 3. The van der Waals surface area contributed by atoms with E-state index in [1.807, 2.05) is 13.0 Å². The van der Waals surface area contributed by atoms with Crippen LogP contribution in [0, 0.1) is 22.9 Å². The number of halogens is 2. The summed E-state index contributed by atoms with van der Waals surface area (Å²) >= 11 is 3.29. The number of nitrogens with zero attached hydrogens (tertiary/aromatic N) is 1. The fraction of sp³-hybridized carbons (Fsp3) is 0.0714. The Morgan fingerprint density at radius 1 is 1.33 bits per heavy atom. The molecule has 0 radical (unpaired) electrons. The Balaban J connectivity index is 2.38. The molecule has 0 aliphatic rings. The lowest BCUT2D eigenvalue weighted by molar-refractivity contribution is -0.384. The maximum atomic E-state index is 13.2. The van der Waals surface area contributed by atoms with Crippen LogP contribution in [-0.2, 0) is 0 Å². The van der Waals surface area contributed by atoms with Gasteiger partial charge in [0.1, 0.15) is 11.5 Å². The molecule has 1 N–H and O–H groups in total. The number of hydrogen-bond acceptors (Lipinski definition) is 3. The van der Waals surface area contributed by atoms with Crippen LogP contribution >= 0.6 is 15.9 Å². The zero-order valence-electron chi connectivity index (χ0n) is 10.9. The van der Waals surface area contributed by atoms with Crippen LogP contribution in [0.25, 0.3) is 0 Å². The van der Waals surface area contributed by atoms with E-state index in [1.165, 1.54) is 0 Å². The number of carbonyl (C=O) groups is 1. The van der Waals surface area contributed by atoms with Crippen LogP contribution in [-0.4, -0.2) is 10.8 Å². The zero-order chi connectivity index (χ0) is 15.6. The summed E-state index contributed by atoms with van der Waals surface area (Å²) in [6.07, 6.45) is 0. The number of amides is 1. The number of carbonyl (C=O) groups excluding carboxylic acids is 1. The monoisotopic (exact) mass is 352 g/mol. The number of nitro benzene ring substituents is 1. The summed E-state index contributed by atoms with van der Waals surface area (Å²) in [5, 5.41) is 13.3. The Kier molecular flexibility index (Phi) is 4.32. The minimum atomic E-state index is -0.680. The van der Waals surface area contributed by atoms with E-state index in [0.717, 1.165) is 23.8 Å². The van der Waals surface area contributed by atoms with Gasteiger partial charge in [0.2, 0.25) is 0 Å². The first-order valence-electron chi connectivity index (χ1n) is 5.90. The maximum absolute atomic E-state index is 13.2. The highest BCUT2D eigenvalue weighted by Gasteiger charge is 2.19. The van der Waals surface area contributed by atoms with Crippen molar-refractivity contribution in [2.45, 2.75) is 6.92 Å². The van der Waals surface area contributed by atoms with Crippen molar-refractivity contribution < 1.29 is 14.1 Å². The molecular weight excluding hydrogens is 343 g/mol. The van der Waals surface area contributed by atoms with Crippen molar-refractivity contribution in [3.63, 3.8) is 0 Å². The van der Waals surface area contributed by atoms with E-state index in [1.54, 1.807) is 12.1 Å². The minimum absolute atomic E-state index is 0.182. The molecule has 0 unspecified atom stereocenters. The van der Waals surface area contributed by atoms with Gasteiger partial charge in [-0.15, -0.1) is 0 Å². The first kappa shape index (κ1) is 15.1. The molecule has 0 atom stereocenters. The summed E-state index contributed by atoms with van der Waals surface area (Å²) in [5.41, 5.74) is 0.608. The number of anilines is 1. The second-order valence-electron chi connectivity index (χ2n) is 4.31. The molecule has 2 aromatic rings. The van der Waals surface area contributed by atoms with Crippen molar-refractivity contribution in [3.05, 3.63) is 67.9 Å². The topological polar surface area (TPSA) is 72.2 Å². The summed E-state index contributed by atoms with van der Waals surface area (Å²) in [6.45, 7) is 1.81. The molecule has 2 aromatic carbocycles. The van der Waals surface area contributed by atoms with Crippen molar-refractivity contribution in [2.75, 3.05) is 5.32 Å². The number of nitro groups is 1. The van der Waals surface area contributed by atoms with Crippen molar-refractivity contribution in [1.82, 2.24) is 0 Å². The van der Waals surface area contributed by atoms with Gasteiger partial charge in [-0.3, -0.25) is 14.9 Å². The third-order valence-corrected chi connectivity index (χ3v) is 3.89. The molecule has 0 saturated carbocycles. The number of aryl methyl sites for hydroxylation is 1. The zero-order valence-corrected chi connectivity index (χ0v) is 12.5. The van der Waals surface area contributed by atoms with E-state index in [0.29, 0.717) is 10.0 Å². The Bertz CT molecular complexity index is 734. The summed E-state index contributed by atoms with van der Waals surface area (Å²) in [4.78, 5) is 22.4. The van der Waals surface area contributed by atoms with Gasteiger partial charge in [0, 0.05) is 16.6 Å². The second-order valence-corrected chi connectivity index (χ2v) is 5.10. The largest absolute Gasteiger partial charge is 0.316 e. The summed E-state index contributed by atoms with van der Waals surface area (Å²) in [6, 6.07) is 7.96. The lowest BCUT2D eigenvalue weighted by Gasteiger charge is -2.09. The van der Waals surface area contributed by atoms with Crippen LogP contribution in [0.4, 0.5) is 15.8 Å². The lowest BCUT2D eigenvalue weighted by atomic mass is 10.1. The van der Waals surface area contributed by atoms with Gasteiger partial charge < -0.3 is 5.32 Å². The molecule has 2 rings (SSSR count). The van der Waals surface area contributed by atoms with Crippen LogP contribution < -0.4 is 5.32 Å². The highest BCUT2D eigenvalue weighted by atomic mass is 79.9. The van der Waals surface area contributed by atoms with E-state index >= 15 is 0 Å². The fourth-order valence-corrected chi connectivity index (χ4v) is 2.22. The van der Waals surface area contributed by atoms with Crippen LogP contribution in [0.1, 0.15) is 15.9 Å². The molecule has 5 nitrogen and oxygen atoms in total. The van der Waals surface area contributed by atoms with E-state index in [9.17, 15) is 19.3 Å². The average molecular weight is 353 g/mol. The highest BCUT2D eigenvalue weighted by molar-refractivity contribution is 9.10. The van der Waals surface area contributed by atoms with Crippen molar-refractivity contribution in [1.29, 1.82) is 0 Å². The van der Waals surface area contributed by atoms with Crippen molar-refractivity contribution in [3.8, 4) is 0 Å². The van der Waals surface area contributed by atoms with Crippen molar-refractivity contribution in [2.24, 2.45) is 0 Å². The van der Waals surface area contributed by atoms with Gasteiger partial charge in [0.25, 0.3) is 11.6 Å². The van der Waals surface area contributed by atoms with Gasteiger partial charge in [-0.25, -0.2) is 4.39 Å². The Labute approximate surface area is 128 Å². The molecule has 1 amide bonds. The SMILES string of the molecule is Cc1cccc(C(=O)Nc2cc(F)ccc2[N+](=O)[O-])c1Br. The van der Waals surface area contributed by atoms with E-state index in [4.69, 9.17) is 0 Å². The molecule has 21 heavy (non-hydrogen) atoms. The summed E-state index contributed by atoms with van der Waals surface area (Å²) in [7, 11) is 0. The van der Waals surface area contributed by atoms with Gasteiger partial charge in [0.15, 0.2) is 0 Å². The number of nitrogens with one attached hydrogen (secondary N) is 1. The highest BCUT2D eigenvalue weighted by Crippen LogP contribution is 2.27. The van der Waals surface area contributed by atoms with Gasteiger partial charge >= 0.3 is 0 Å². The Morgan fingerprint density at radius 3 is 2.71 bits per heavy atom. The molecule has 7 heteroatoms. The summed E-state index contributed by atoms with van der Waals surface area (Å²) < 4.78 is 13.8. The molecule has 0 aliphatic heterocycles. The molecular formula is C14H10BrFN2O3. The Hall–Kier alpha value is -2.28. The third-order valence-electron chi connectivity index (χ3n) is 2.84. The molecule has 0 aromatic heterocycles. The van der Waals surface area contributed by atoms with Gasteiger partial charge in [-0.2, -0.15) is 0 Å². The second kappa shape index (κ2) is 6.01. The van der Waals surface area contributed by atoms with Gasteiger partial charge in [-0.1, -0.05) is 12.1 Å². The fourth-order valence-electron chi connectivity index (χ4n) is 1.78. The normalized spacial score (nSPS) is 10.2. The van der Waals surface area contributed by atoms with Crippen LogP contribution in [0.5, 0.6) is 0 Å². The Morgan fingerprint density at radius 2 is 2.05 bits per heavy atom. The van der Waals surface area contributed by atoms with Crippen LogP contribution in [0.2, 0.25) is 0 Å². The first-order chi connectivity index (χ1) is 9.90. The van der Waals surface area contributed by atoms with Crippen LogP contribution in [0.3, 0.4) is 0 Å². The van der Waals surface area contributed by atoms with Gasteiger partial charge in [0.05, 0.1) is 10.5 Å². The minimum Gasteiger partial charge on any atom is -0.316 e. The molecule has 0 spiro atoms. The predicted octanol–water partition coefficient (Wildman–Crippen LogP) is 4.06. The first-order valence-corrected chi connectivity index (χ1v) is 6.70. The predicted molar refractivity (Wildman–Crippen MR) is 79.9 cm³/mol. The lowest BCUT2D eigenvalue weighted by Crippen LogP contribution is -2.14. The molecule has 0 saturated heterocycles. The third kappa shape index (κ3) is 3.25. The summed E-state index contributed by atoms with van der Waals surface area (Å²) in [5.74, 6) is -1.22. The van der Waals surface area contributed by atoms with Gasteiger partial charge in [-0.05, 0) is 40.5 Å². The molecule has 0 fully saturated rings. The standard InChI is InChI=1S/C14H10BrFN2O3/c1-8-3-2-4-10(13(8)15)14(19)17-11-7-9(16)5-6-12(11)18(20)21/h2-7H,1H3,(H,17,19). The smallest absolute Gasteiger partial charge is 0.292 e. The quantitative estimate of drug-likeness (QED) is 0.668. The van der Waals surface area contributed by atoms with E-state index in [2.05, 4.69) is 21.2 Å². The molecule has 0 heterocycles. The van der Waals surface area contributed by atoms with E-state index < -0.39 is 16.6 Å². The molecule has 108 valence electrons. The molecule has 0 bridgehead atoms. The average Bonchev–Trinajstić information content (AvgIpc) is 2.41. The number of hydrogen-bond donors (Lipinski definition) is 1. The molecule has 0 aliphatic carbocycles. The van der Waals surface area contributed by atoms with Crippen molar-refractivity contribution >= 4 is 33.2 Å². The van der Waals surface area contributed by atoms with Crippen LogP contribution in [0.15, 0.2) is 40.9 Å². The maximum Gasteiger partial charge on any atom is 0.292 e. The van der Waals surface area contributed by atoms with E-state index in [-0.39, 0.29) is 11.4 Å². The number of benzene rings is 2.